The summed E-state index contributed by atoms with van der Waals surface area (Å²) >= 11 is 0. The highest BCUT2D eigenvalue weighted by atomic mass is 32.2. The van der Waals surface area contributed by atoms with Gasteiger partial charge in [0.1, 0.15) is 0 Å². The number of nitrogens with one attached hydrogen (secondary N) is 1. The number of hydrogen-bond acceptors (Lipinski definition) is 3. The van der Waals surface area contributed by atoms with Crippen molar-refractivity contribution >= 4 is 10.8 Å². The van der Waals surface area contributed by atoms with Gasteiger partial charge in [0.25, 0.3) is 0 Å². The minimum absolute atomic E-state index is 0.272. The van der Waals surface area contributed by atoms with Crippen LogP contribution in [-0.2, 0) is 10.8 Å². The van der Waals surface area contributed by atoms with Crippen LogP contribution in [0.1, 0.15) is 34.1 Å². The third-order valence-corrected chi connectivity index (χ3v) is 4.89. The van der Waals surface area contributed by atoms with Gasteiger partial charge in [-0.3, -0.25) is 4.21 Å². The Balaban J connectivity index is 2.57. The van der Waals surface area contributed by atoms with Crippen molar-refractivity contribution in [2.75, 3.05) is 32.4 Å². The van der Waals surface area contributed by atoms with E-state index in [4.69, 9.17) is 0 Å². The molecule has 1 N–H and O–H groups in total. The fraction of sp³-hybridized carbons (Fsp3) is 1.00. The predicted octanol–water partition coefficient (Wildman–Crippen LogP) is 1.46. The van der Waals surface area contributed by atoms with E-state index in [0.717, 1.165) is 26.2 Å². The topological polar surface area (TPSA) is 32.3 Å². The van der Waals surface area contributed by atoms with Gasteiger partial charge in [-0.1, -0.05) is 20.8 Å². The van der Waals surface area contributed by atoms with E-state index in [1.807, 2.05) is 6.26 Å². The van der Waals surface area contributed by atoms with Crippen LogP contribution in [0.3, 0.4) is 0 Å². The summed E-state index contributed by atoms with van der Waals surface area (Å²) in [7, 11) is -0.712. The lowest BCUT2D eigenvalue weighted by Gasteiger charge is -2.34. The molecular weight excluding hydrogens is 232 g/mol. The second kappa shape index (κ2) is 6.30. The molecule has 0 radical (unpaired) electrons. The van der Waals surface area contributed by atoms with E-state index < -0.39 is 10.8 Å². The van der Waals surface area contributed by atoms with Crippen molar-refractivity contribution < 1.29 is 4.21 Å². The van der Waals surface area contributed by atoms with E-state index in [0.29, 0.717) is 6.04 Å². The number of hydrogen-bond donors (Lipinski definition) is 1. The second-order valence-electron chi connectivity index (χ2n) is 6.30. The fourth-order valence-corrected chi connectivity index (χ4v) is 2.63. The van der Waals surface area contributed by atoms with Crippen LogP contribution in [-0.4, -0.2) is 52.8 Å². The summed E-state index contributed by atoms with van der Waals surface area (Å²) in [5, 5.41) is 3.91. The maximum Gasteiger partial charge on any atom is 0.0444 e. The summed E-state index contributed by atoms with van der Waals surface area (Å²) in [6, 6.07) is 0.530. The fourth-order valence-electron chi connectivity index (χ4n) is 2.21. The molecule has 0 aromatic heterocycles. The van der Waals surface area contributed by atoms with Gasteiger partial charge in [-0.15, -0.1) is 0 Å². The van der Waals surface area contributed by atoms with Crippen LogP contribution in [0.15, 0.2) is 0 Å². The molecule has 0 aromatic rings. The number of nitrogens with zero attached hydrogens (tertiary/aromatic N) is 1. The van der Waals surface area contributed by atoms with Gasteiger partial charge in [-0.2, -0.15) is 0 Å². The Morgan fingerprint density at radius 1 is 1.47 bits per heavy atom. The third-order valence-electron chi connectivity index (χ3n) is 3.61. The molecule has 3 atom stereocenters. The first-order valence-electron chi connectivity index (χ1n) is 6.58. The molecule has 1 heterocycles. The van der Waals surface area contributed by atoms with Crippen LogP contribution in [0, 0.1) is 5.41 Å². The monoisotopic (exact) mass is 260 g/mol. The lowest BCUT2D eigenvalue weighted by Crippen LogP contribution is -2.47. The predicted molar refractivity (Wildman–Crippen MR) is 75.8 cm³/mol. The van der Waals surface area contributed by atoms with Crippen LogP contribution in [0.5, 0.6) is 0 Å². The summed E-state index contributed by atoms with van der Waals surface area (Å²) in [4.78, 5) is 2.47. The molecule has 3 unspecified atom stereocenters. The van der Waals surface area contributed by atoms with E-state index in [1.54, 1.807) is 0 Å². The average molecular weight is 260 g/mol. The van der Waals surface area contributed by atoms with Crippen molar-refractivity contribution in [2.24, 2.45) is 5.41 Å². The van der Waals surface area contributed by atoms with E-state index in [-0.39, 0.29) is 10.7 Å². The van der Waals surface area contributed by atoms with Crippen LogP contribution in [0.25, 0.3) is 0 Å². The largest absolute Gasteiger partial charge is 0.312 e. The molecular formula is C13H28N2OS. The molecule has 3 nitrogen and oxygen atoms in total. The highest BCUT2D eigenvalue weighted by Crippen LogP contribution is 2.21. The van der Waals surface area contributed by atoms with Crippen LogP contribution < -0.4 is 5.32 Å². The Hall–Kier alpha value is 0.0700. The summed E-state index contributed by atoms with van der Waals surface area (Å²) in [5.41, 5.74) is 0.289. The molecule has 1 aliphatic rings. The third kappa shape index (κ3) is 5.06. The Bertz CT molecular complexity index is 263. The minimum Gasteiger partial charge on any atom is -0.312 e. The maximum absolute atomic E-state index is 11.5. The van der Waals surface area contributed by atoms with Crippen LogP contribution >= 0.6 is 0 Å². The zero-order valence-electron chi connectivity index (χ0n) is 12.0. The molecule has 4 heteroatoms. The maximum atomic E-state index is 11.5. The average Bonchev–Trinajstić information content (AvgIpc) is 2.42. The van der Waals surface area contributed by atoms with E-state index in [2.05, 4.69) is 37.9 Å². The lowest BCUT2D eigenvalue weighted by molar-refractivity contribution is 0.198. The molecule has 0 amide bonds. The van der Waals surface area contributed by atoms with Gasteiger partial charge in [0, 0.05) is 41.4 Å². The molecule has 0 aliphatic carbocycles. The molecule has 1 aliphatic heterocycles. The van der Waals surface area contributed by atoms with Crippen molar-refractivity contribution in [3.8, 4) is 0 Å². The first kappa shape index (κ1) is 15.1. The lowest BCUT2D eigenvalue weighted by atomic mass is 9.86. The summed E-state index contributed by atoms with van der Waals surface area (Å²) in [6.07, 6.45) is 3.00. The SMILES string of the molecule is CC(CN1CCCNC(C(C)(C)C)C1)S(C)=O. The van der Waals surface area contributed by atoms with Gasteiger partial charge in [-0.05, 0) is 31.8 Å². The summed E-state index contributed by atoms with van der Waals surface area (Å²) < 4.78 is 11.5. The quantitative estimate of drug-likeness (QED) is 0.834. The molecule has 1 fully saturated rings. The second-order valence-corrected chi connectivity index (χ2v) is 8.10. The highest BCUT2D eigenvalue weighted by molar-refractivity contribution is 7.84. The molecule has 0 bridgehead atoms. The smallest absolute Gasteiger partial charge is 0.0444 e. The van der Waals surface area contributed by atoms with Gasteiger partial charge < -0.3 is 10.2 Å². The Morgan fingerprint density at radius 3 is 2.65 bits per heavy atom. The Morgan fingerprint density at radius 2 is 2.12 bits per heavy atom. The standard InChI is InChI=1S/C13H28N2OS/c1-11(17(5)16)9-15-8-6-7-14-12(10-15)13(2,3)4/h11-12,14H,6-10H2,1-5H3. The van der Waals surface area contributed by atoms with Crippen molar-refractivity contribution in [3.05, 3.63) is 0 Å². The van der Waals surface area contributed by atoms with E-state index >= 15 is 0 Å². The first-order chi connectivity index (χ1) is 7.80. The highest BCUT2D eigenvalue weighted by Gasteiger charge is 2.28. The van der Waals surface area contributed by atoms with Gasteiger partial charge in [-0.25, -0.2) is 0 Å². The molecule has 0 saturated carbocycles. The normalized spacial score (nSPS) is 27.5. The minimum atomic E-state index is -0.712. The molecule has 0 aromatic carbocycles. The van der Waals surface area contributed by atoms with Gasteiger partial charge in [0.2, 0.25) is 0 Å². The zero-order chi connectivity index (χ0) is 13.1. The zero-order valence-corrected chi connectivity index (χ0v) is 12.8. The van der Waals surface area contributed by atoms with Crippen LogP contribution in [0.4, 0.5) is 0 Å². The van der Waals surface area contributed by atoms with E-state index in [9.17, 15) is 4.21 Å². The van der Waals surface area contributed by atoms with Crippen molar-refractivity contribution in [2.45, 2.75) is 45.4 Å². The van der Waals surface area contributed by atoms with Crippen molar-refractivity contribution in [1.82, 2.24) is 10.2 Å². The molecule has 102 valence electrons. The van der Waals surface area contributed by atoms with Gasteiger partial charge in [0.15, 0.2) is 0 Å². The van der Waals surface area contributed by atoms with Crippen molar-refractivity contribution in [3.63, 3.8) is 0 Å². The van der Waals surface area contributed by atoms with E-state index in [1.165, 1.54) is 6.42 Å². The molecule has 17 heavy (non-hydrogen) atoms. The summed E-state index contributed by atoms with van der Waals surface area (Å²) in [6.45, 7) is 13.2. The van der Waals surface area contributed by atoms with Gasteiger partial charge in [0.05, 0.1) is 0 Å². The molecule has 0 spiro atoms. The van der Waals surface area contributed by atoms with Crippen molar-refractivity contribution in [1.29, 1.82) is 0 Å². The van der Waals surface area contributed by atoms with Gasteiger partial charge >= 0.3 is 0 Å². The molecule has 1 rings (SSSR count). The van der Waals surface area contributed by atoms with Crippen LogP contribution in [0.2, 0.25) is 0 Å². The Labute approximate surface area is 109 Å². The molecule has 1 saturated heterocycles. The number of rotatable bonds is 3. The first-order valence-corrected chi connectivity index (χ1v) is 8.21. The Kier molecular flexibility index (Phi) is 5.61. The summed E-state index contributed by atoms with van der Waals surface area (Å²) in [5.74, 6) is 0.